The molecule has 56 heavy (non-hydrogen) atoms. The molecule has 14 nitrogen and oxygen atoms in total. The number of carbonyl (C=O) groups excluding carboxylic acids is 3. The van der Waals surface area contributed by atoms with Gasteiger partial charge in [0.2, 0.25) is 27.7 Å². The van der Waals surface area contributed by atoms with Crippen LogP contribution in [0.4, 0.5) is 4.79 Å². The van der Waals surface area contributed by atoms with Gasteiger partial charge in [-0.05, 0) is 90.5 Å². The summed E-state index contributed by atoms with van der Waals surface area (Å²) in [7, 11) is -4.01. The van der Waals surface area contributed by atoms with Gasteiger partial charge in [0.25, 0.3) is 5.91 Å². The molecule has 2 aromatic rings. The van der Waals surface area contributed by atoms with Gasteiger partial charge in [0.1, 0.15) is 29.5 Å². The molecule has 306 valence electrons. The molecule has 15 heteroatoms. The van der Waals surface area contributed by atoms with Gasteiger partial charge >= 0.3 is 6.09 Å². The highest BCUT2D eigenvalue weighted by Gasteiger charge is 2.63. The van der Waals surface area contributed by atoms with E-state index in [1.165, 1.54) is 9.80 Å². The topological polar surface area (TPSA) is 185 Å². The number of nitrogens with zero attached hydrogens (tertiary/aromatic N) is 3. The van der Waals surface area contributed by atoms with Crippen LogP contribution >= 0.6 is 0 Å². The van der Waals surface area contributed by atoms with Crippen LogP contribution in [0.1, 0.15) is 99.8 Å². The third-order valence-corrected chi connectivity index (χ3v) is 14.0. The summed E-state index contributed by atoms with van der Waals surface area (Å²) >= 11 is 0. The van der Waals surface area contributed by atoms with Crippen LogP contribution in [-0.4, -0.2) is 99.3 Å². The molecule has 3 N–H and O–H groups in total. The third kappa shape index (κ3) is 8.19. The number of pyridine rings is 1. The number of amides is 4. The molecule has 0 radical (unpaired) electrons. The molecule has 1 aromatic heterocycles. The van der Waals surface area contributed by atoms with Crippen LogP contribution in [-0.2, 0) is 24.4 Å². The Morgan fingerprint density at radius 3 is 2.46 bits per heavy atom. The van der Waals surface area contributed by atoms with Crippen molar-refractivity contribution in [1.29, 1.82) is 0 Å². The average Bonchev–Trinajstić information content (AvgIpc) is 4.00. The number of carboxylic acid groups (broad SMARTS) is 1. The van der Waals surface area contributed by atoms with Crippen LogP contribution in [0.5, 0.6) is 11.6 Å². The quantitative estimate of drug-likeness (QED) is 0.278. The zero-order chi connectivity index (χ0) is 40.8. The predicted molar refractivity (Wildman–Crippen MR) is 210 cm³/mol. The fraction of sp³-hybridized carbons (Fsp3) is 0.634. The van der Waals surface area contributed by atoms with Gasteiger partial charge in [0.05, 0.1) is 24.1 Å². The van der Waals surface area contributed by atoms with Gasteiger partial charge in [-0.15, -0.1) is 0 Å². The Bertz CT molecular complexity index is 1990. The Kier molecular flexibility index (Phi) is 11.4. The molecular weight excluding hydrogens is 739 g/mol. The average molecular weight is 796 g/mol. The van der Waals surface area contributed by atoms with E-state index in [1.807, 2.05) is 50.3 Å². The number of hydrogen-bond donors (Lipinski definition) is 3. The fourth-order valence-corrected chi connectivity index (χ4v) is 9.60. The van der Waals surface area contributed by atoms with E-state index < -0.39 is 79.7 Å². The van der Waals surface area contributed by atoms with E-state index in [0.29, 0.717) is 43.4 Å². The van der Waals surface area contributed by atoms with E-state index in [2.05, 4.69) is 21.9 Å². The van der Waals surface area contributed by atoms with Crippen molar-refractivity contribution in [1.82, 2.24) is 24.8 Å². The summed E-state index contributed by atoms with van der Waals surface area (Å²) in [5.74, 6) is -1.91. The number of ether oxygens (including phenoxy) is 2. The number of carbonyl (C=O) groups is 4. The first-order valence-electron chi connectivity index (χ1n) is 19.9. The second-order valence-corrected chi connectivity index (χ2v) is 19.7. The van der Waals surface area contributed by atoms with Gasteiger partial charge < -0.3 is 24.8 Å². The van der Waals surface area contributed by atoms with Crippen molar-refractivity contribution in [3.05, 3.63) is 42.6 Å². The van der Waals surface area contributed by atoms with Crippen molar-refractivity contribution in [2.45, 2.75) is 134 Å². The summed E-state index contributed by atoms with van der Waals surface area (Å²) in [5, 5.41) is 15.0. The standard InChI is InChI=1S/C41H57N5O9S/c1-8-19-54-32-23-42-35(30-16-12-11-15-29(30)32)55-28-21-31-34(47)43-41(37(49)44-56(52,53)40(7)17-18-40)22-27(41)14-10-9-13-25(2)20-26(3)33(36(48)45(31)24-28)46(38(50)51)39(4,5)6/h10-12,14-16,23,25-28,31,33H,8-9,13,17-22,24H2,1-7H3,(H,43,47)(H,44,49)(H,50,51)/b14-10-/t25-,26+,27?,28+,31-,33-,41?/m0/s1. The first-order valence-corrected chi connectivity index (χ1v) is 21.4. The maximum Gasteiger partial charge on any atom is 0.408 e. The van der Waals surface area contributed by atoms with Gasteiger partial charge in [-0.1, -0.05) is 51.1 Å². The van der Waals surface area contributed by atoms with Gasteiger partial charge in [0.15, 0.2) is 0 Å². The zero-order valence-electron chi connectivity index (χ0n) is 33.5. The number of hydrogen-bond acceptors (Lipinski definition) is 9. The molecule has 2 saturated carbocycles. The summed E-state index contributed by atoms with van der Waals surface area (Å²) in [4.78, 5) is 63.8. The van der Waals surface area contributed by atoms with Crippen LogP contribution in [0.3, 0.4) is 0 Å². The molecule has 3 heterocycles. The molecule has 2 aliphatic heterocycles. The number of fused-ring (bicyclic) bond motifs is 3. The fourth-order valence-electron chi connectivity index (χ4n) is 8.28. The molecule has 6 rings (SSSR count). The maximum absolute atomic E-state index is 15.1. The largest absolute Gasteiger partial charge is 0.491 e. The second-order valence-electron chi connectivity index (χ2n) is 17.6. The first kappa shape index (κ1) is 41.2. The predicted octanol–water partition coefficient (Wildman–Crippen LogP) is 5.40. The van der Waals surface area contributed by atoms with Gasteiger partial charge in [-0.25, -0.2) is 18.2 Å². The lowest BCUT2D eigenvalue weighted by Crippen LogP contribution is -2.62. The van der Waals surface area contributed by atoms with Crippen LogP contribution in [0.25, 0.3) is 10.8 Å². The van der Waals surface area contributed by atoms with E-state index >= 15 is 4.79 Å². The number of sulfonamides is 1. The minimum Gasteiger partial charge on any atom is -0.491 e. The van der Waals surface area contributed by atoms with Gasteiger partial charge in [0, 0.05) is 28.7 Å². The minimum atomic E-state index is -4.01. The lowest BCUT2D eigenvalue weighted by Gasteiger charge is -2.43. The molecule has 4 amide bonds. The van der Waals surface area contributed by atoms with Crippen LogP contribution in [0.15, 0.2) is 42.6 Å². The van der Waals surface area contributed by atoms with Gasteiger partial charge in [-0.2, -0.15) is 0 Å². The number of allylic oxidation sites excluding steroid dienone is 1. The van der Waals surface area contributed by atoms with Crippen molar-refractivity contribution in [2.75, 3.05) is 13.2 Å². The van der Waals surface area contributed by atoms with Gasteiger partial charge in [-0.3, -0.25) is 24.0 Å². The Balaban J connectivity index is 1.39. The summed E-state index contributed by atoms with van der Waals surface area (Å²) < 4.78 is 40.1. The van der Waals surface area contributed by atoms with Crippen molar-refractivity contribution >= 4 is 44.6 Å². The van der Waals surface area contributed by atoms with Crippen molar-refractivity contribution in [3.63, 3.8) is 0 Å². The molecule has 1 aromatic carbocycles. The number of rotatable bonds is 9. The van der Waals surface area contributed by atoms with E-state index in [4.69, 9.17) is 9.47 Å². The van der Waals surface area contributed by atoms with Crippen LogP contribution in [0, 0.1) is 17.8 Å². The van der Waals surface area contributed by atoms with E-state index in [9.17, 15) is 27.9 Å². The molecule has 7 atom stereocenters. The molecular formula is C41H57N5O9S. The highest BCUT2D eigenvalue weighted by atomic mass is 32.2. The Labute approximate surface area is 329 Å². The SMILES string of the molecule is CCCOc1cnc(O[C@@H]2C[C@H]3C(=O)NC4(C(=O)NS(=O)(=O)C5(C)CC5)CC4/C=C\CC[C@H](C)C[C@@H](C)[C@H](N(C(=O)O)C(C)(C)C)C(=O)N3C2)c2ccccc12. The highest BCUT2D eigenvalue weighted by molar-refractivity contribution is 7.91. The second kappa shape index (κ2) is 15.5. The Morgan fingerprint density at radius 1 is 1.12 bits per heavy atom. The minimum absolute atomic E-state index is 0.0103. The van der Waals surface area contributed by atoms with Crippen molar-refractivity contribution < 1.29 is 42.2 Å². The lowest BCUT2D eigenvalue weighted by atomic mass is 9.85. The van der Waals surface area contributed by atoms with Crippen LogP contribution in [0.2, 0.25) is 0 Å². The Morgan fingerprint density at radius 2 is 1.82 bits per heavy atom. The molecule has 0 bridgehead atoms. The van der Waals surface area contributed by atoms with E-state index in [-0.39, 0.29) is 31.2 Å². The smallest absolute Gasteiger partial charge is 0.408 e. The zero-order valence-corrected chi connectivity index (χ0v) is 34.4. The molecule has 2 aliphatic carbocycles. The maximum atomic E-state index is 15.1. The summed E-state index contributed by atoms with van der Waals surface area (Å²) in [5.41, 5.74) is -2.52. The number of benzene rings is 1. The summed E-state index contributed by atoms with van der Waals surface area (Å²) in [6.45, 7) is 13.2. The van der Waals surface area contributed by atoms with Crippen molar-refractivity contribution in [2.24, 2.45) is 17.8 Å². The van der Waals surface area contributed by atoms with Crippen molar-refractivity contribution in [3.8, 4) is 11.6 Å². The molecule has 0 spiro atoms. The highest BCUT2D eigenvalue weighted by Crippen LogP contribution is 2.48. The Hall–Kier alpha value is -4.40. The third-order valence-electron chi connectivity index (χ3n) is 11.9. The first-order chi connectivity index (χ1) is 26.3. The van der Waals surface area contributed by atoms with Crippen LogP contribution < -0.4 is 19.5 Å². The number of aromatic nitrogens is 1. The molecule has 4 aliphatic rings. The lowest BCUT2D eigenvalue weighted by molar-refractivity contribution is -0.146. The monoisotopic (exact) mass is 795 g/mol. The summed E-state index contributed by atoms with van der Waals surface area (Å²) in [6, 6.07) is 5.17. The molecule has 1 saturated heterocycles. The molecule has 3 fully saturated rings. The number of nitrogens with one attached hydrogen (secondary N) is 2. The van der Waals surface area contributed by atoms with E-state index in [1.54, 1.807) is 33.9 Å². The van der Waals surface area contributed by atoms with E-state index in [0.717, 1.165) is 18.2 Å². The molecule has 2 unspecified atom stereocenters. The summed E-state index contributed by atoms with van der Waals surface area (Å²) in [6.07, 6.45) is 7.19. The normalized spacial score (nSPS) is 29.8.